The van der Waals surface area contributed by atoms with Gasteiger partial charge in [0, 0.05) is 30.4 Å². The molecule has 4 nitrogen and oxygen atoms in total. The van der Waals surface area contributed by atoms with Crippen LogP contribution in [-0.2, 0) is 6.54 Å². The van der Waals surface area contributed by atoms with Crippen molar-refractivity contribution in [1.82, 2.24) is 0 Å². The van der Waals surface area contributed by atoms with E-state index < -0.39 is 0 Å². The lowest BCUT2D eigenvalue weighted by molar-refractivity contribution is 0.174. The van der Waals surface area contributed by atoms with Crippen LogP contribution in [0, 0.1) is 6.92 Å². The highest BCUT2D eigenvalue weighted by molar-refractivity contribution is 5.54. The van der Waals surface area contributed by atoms with Crippen molar-refractivity contribution in [2.75, 3.05) is 18.2 Å². The molecule has 1 N–H and O–H groups in total. The average Bonchev–Trinajstić information content (AvgIpc) is 2.91. The molecule has 0 spiro atoms. The van der Waals surface area contributed by atoms with Crippen molar-refractivity contribution in [3.63, 3.8) is 0 Å². The molecule has 0 fully saturated rings. The summed E-state index contributed by atoms with van der Waals surface area (Å²) in [5.41, 5.74) is 3.21. The molecule has 1 aliphatic rings. The first-order valence-corrected chi connectivity index (χ1v) is 7.10. The van der Waals surface area contributed by atoms with Crippen LogP contribution in [-0.4, -0.2) is 18.4 Å². The Bertz CT molecular complexity index is 654. The standard InChI is InChI=1S/C17H19NO3/c1-3-18(14-6-4-5-12(2)7-14)10-13-8-16-17(9-15(13)19)21-11-20-16/h4-9,19H,3,10-11H2,1-2H3. The molecule has 0 bridgehead atoms. The van der Waals surface area contributed by atoms with Gasteiger partial charge < -0.3 is 19.5 Å². The Kier molecular flexibility index (Phi) is 3.60. The van der Waals surface area contributed by atoms with E-state index >= 15 is 0 Å². The smallest absolute Gasteiger partial charge is 0.231 e. The van der Waals surface area contributed by atoms with Crippen LogP contribution in [0.5, 0.6) is 17.2 Å². The molecule has 0 aromatic heterocycles. The summed E-state index contributed by atoms with van der Waals surface area (Å²) in [6.07, 6.45) is 0. The van der Waals surface area contributed by atoms with E-state index in [1.165, 1.54) is 5.56 Å². The fraction of sp³-hybridized carbons (Fsp3) is 0.294. The van der Waals surface area contributed by atoms with Crippen molar-refractivity contribution in [3.05, 3.63) is 47.5 Å². The number of phenolic OH excluding ortho intramolecular Hbond substituents is 1. The lowest BCUT2D eigenvalue weighted by Gasteiger charge is -2.24. The van der Waals surface area contributed by atoms with Crippen molar-refractivity contribution in [2.24, 2.45) is 0 Å². The summed E-state index contributed by atoms with van der Waals surface area (Å²) in [7, 11) is 0. The van der Waals surface area contributed by atoms with E-state index in [1.54, 1.807) is 6.07 Å². The molecular weight excluding hydrogens is 266 g/mol. The van der Waals surface area contributed by atoms with Crippen LogP contribution in [0.4, 0.5) is 5.69 Å². The highest BCUT2D eigenvalue weighted by Crippen LogP contribution is 2.38. The van der Waals surface area contributed by atoms with Crippen molar-refractivity contribution in [3.8, 4) is 17.2 Å². The predicted molar refractivity (Wildman–Crippen MR) is 82.1 cm³/mol. The number of ether oxygens (including phenoxy) is 2. The summed E-state index contributed by atoms with van der Waals surface area (Å²) in [6.45, 7) is 5.88. The molecule has 2 aromatic carbocycles. The molecule has 0 atom stereocenters. The van der Waals surface area contributed by atoms with Crippen LogP contribution in [0.1, 0.15) is 18.1 Å². The Labute approximate surface area is 124 Å². The third-order valence-electron chi connectivity index (χ3n) is 3.68. The van der Waals surface area contributed by atoms with Crippen LogP contribution in [0.2, 0.25) is 0 Å². The highest BCUT2D eigenvalue weighted by atomic mass is 16.7. The maximum Gasteiger partial charge on any atom is 0.231 e. The van der Waals surface area contributed by atoms with Gasteiger partial charge >= 0.3 is 0 Å². The fourth-order valence-corrected chi connectivity index (χ4v) is 2.52. The van der Waals surface area contributed by atoms with Crippen LogP contribution in [0.3, 0.4) is 0 Å². The summed E-state index contributed by atoms with van der Waals surface area (Å²) in [6, 6.07) is 11.8. The number of phenols is 1. The normalized spacial score (nSPS) is 12.5. The number of rotatable bonds is 4. The fourth-order valence-electron chi connectivity index (χ4n) is 2.52. The zero-order valence-corrected chi connectivity index (χ0v) is 12.3. The molecule has 1 heterocycles. The minimum atomic E-state index is 0.216. The van der Waals surface area contributed by atoms with E-state index in [4.69, 9.17) is 9.47 Å². The monoisotopic (exact) mass is 285 g/mol. The molecule has 0 saturated carbocycles. The number of hydrogen-bond donors (Lipinski definition) is 1. The van der Waals surface area contributed by atoms with Gasteiger partial charge in [0.2, 0.25) is 6.79 Å². The van der Waals surface area contributed by atoms with Crippen molar-refractivity contribution >= 4 is 5.69 Å². The number of aryl methyl sites for hydroxylation is 1. The molecule has 0 saturated heterocycles. The van der Waals surface area contributed by atoms with Crippen LogP contribution < -0.4 is 14.4 Å². The summed E-state index contributed by atoms with van der Waals surface area (Å²) in [5.74, 6) is 1.54. The first-order valence-electron chi connectivity index (χ1n) is 7.10. The first kappa shape index (κ1) is 13.6. The second kappa shape index (κ2) is 5.56. The zero-order chi connectivity index (χ0) is 14.8. The first-order chi connectivity index (χ1) is 10.2. The number of aromatic hydroxyl groups is 1. The molecule has 0 radical (unpaired) electrons. The summed E-state index contributed by atoms with van der Waals surface area (Å²) in [5, 5.41) is 10.2. The molecule has 21 heavy (non-hydrogen) atoms. The third-order valence-corrected chi connectivity index (χ3v) is 3.68. The van der Waals surface area contributed by atoms with Gasteiger partial charge in [0.05, 0.1) is 0 Å². The third kappa shape index (κ3) is 2.75. The van der Waals surface area contributed by atoms with E-state index in [-0.39, 0.29) is 12.5 Å². The van der Waals surface area contributed by atoms with Crippen LogP contribution >= 0.6 is 0 Å². The Hall–Kier alpha value is -2.36. The Morgan fingerprint density at radius 3 is 2.62 bits per heavy atom. The summed E-state index contributed by atoms with van der Waals surface area (Å²) in [4.78, 5) is 2.21. The van der Waals surface area contributed by atoms with Gasteiger partial charge in [0.1, 0.15) is 5.75 Å². The van der Waals surface area contributed by atoms with Gasteiger partial charge in [-0.2, -0.15) is 0 Å². The topological polar surface area (TPSA) is 41.9 Å². The van der Waals surface area contributed by atoms with Gasteiger partial charge in [0.15, 0.2) is 11.5 Å². The van der Waals surface area contributed by atoms with Gasteiger partial charge in [-0.25, -0.2) is 0 Å². The zero-order valence-electron chi connectivity index (χ0n) is 12.3. The molecular formula is C17H19NO3. The van der Waals surface area contributed by atoms with E-state index in [1.807, 2.05) is 12.1 Å². The lowest BCUT2D eigenvalue weighted by Crippen LogP contribution is -2.22. The van der Waals surface area contributed by atoms with Crippen molar-refractivity contribution < 1.29 is 14.6 Å². The maximum atomic E-state index is 10.2. The number of anilines is 1. The Morgan fingerprint density at radius 1 is 1.14 bits per heavy atom. The number of fused-ring (bicyclic) bond motifs is 1. The van der Waals surface area contributed by atoms with Gasteiger partial charge in [0.25, 0.3) is 0 Å². The van der Waals surface area contributed by atoms with Gasteiger partial charge in [-0.05, 0) is 37.6 Å². The molecule has 0 unspecified atom stereocenters. The minimum Gasteiger partial charge on any atom is -0.507 e. The van der Waals surface area contributed by atoms with Crippen molar-refractivity contribution in [2.45, 2.75) is 20.4 Å². The number of hydrogen-bond acceptors (Lipinski definition) is 4. The molecule has 2 aromatic rings. The van der Waals surface area contributed by atoms with Crippen LogP contribution in [0.15, 0.2) is 36.4 Å². The summed E-state index contributed by atoms with van der Waals surface area (Å²) < 4.78 is 10.7. The van der Waals surface area contributed by atoms with Crippen molar-refractivity contribution in [1.29, 1.82) is 0 Å². The predicted octanol–water partition coefficient (Wildman–Crippen LogP) is 3.46. The number of nitrogens with zero attached hydrogens (tertiary/aromatic N) is 1. The van der Waals surface area contributed by atoms with E-state index in [2.05, 4.69) is 36.9 Å². The highest BCUT2D eigenvalue weighted by Gasteiger charge is 2.18. The molecule has 110 valence electrons. The largest absolute Gasteiger partial charge is 0.507 e. The summed E-state index contributed by atoms with van der Waals surface area (Å²) >= 11 is 0. The van der Waals surface area contributed by atoms with E-state index in [0.717, 1.165) is 17.8 Å². The molecule has 4 heteroatoms. The van der Waals surface area contributed by atoms with Crippen LogP contribution in [0.25, 0.3) is 0 Å². The van der Waals surface area contributed by atoms with Gasteiger partial charge in [-0.3, -0.25) is 0 Å². The lowest BCUT2D eigenvalue weighted by atomic mass is 10.1. The molecule has 3 rings (SSSR count). The van der Waals surface area contributed by atoms with Gasteiger partial charge in [-0.1, -0.05) is 12.1 Å². The second-order valence-corrected chi connectivity index (χ2v) is 5.19. The molecule has 1 aliphatic heterocycles. The SMILES string of the molecule is CCN(Cc1cc2c(cc1O)OCO2)c1cccc(C)c1. The van der Waals surface area contributed by atoms with Gasteiger partial charge in [-0.15, -0.1) is 0 Å². The Balaban J connectivity index is 1.87. The quantitative estimate of drug-likeness (QED) is 0.934. The van der Waals surface area contributed by atoms with E-state index in [0.29, 0.717) is 18.0 Å². The Morgan fingerprint density at radius 2 is 1.90 bits per heavy atom. The number of benzene rings is 2. The molecule has 0 aliphatic carbocycles. The van der Waals surface area contributed by atoms with E-state index in [9.17, 15) is 5.11 Å². The second-order valence-electron chi connectivity index (χ2n) is 5.19. The minimum absolute atomic E-state index is 0.216. The maximum absolute atomic E-state index is 10.2. The average molecular weight is 285 g/mol. The molecule has 0 amide bonds.